The molecule has 7 nitrogen and oxygen atoms in total. The lowest BCUT2D eigenvalue weighted by Gasteiger charge is -2.34. The second-order valence-corrected chi connectivity index (χ2v) is 9.56. The van der Waals surface area contributed by atoms with Gasteiger partial charge in [0.05, 0.1) is 30.2 Å². The number of ether oxygens (including phenoxy) is 2. The Balaban J connectivity index is 1.80. The Morgan fingerprint density at radius 1 is 1.18 bits per heavy atom. The predicted molar refractivity (Wildman–Crippen MR) is 125 cm³/mol. The summed E-state index contributed by atoms with van der Waals surface area (Å²) in [7, 11) is 2.71. The summed E-state index contributed by atoms with van der Waals surface area (Å²) in [5.74, 6) is -0.850. The zero-order valence-electron chi connectivity index (χ0n) is 18.1. The molecule has 2 aromatic rings. The van der Waals surface area contributed by atoms with Crippen LogP contribution in [0.2, 0.25) is 0 Å². The van der Waals surface area contributed by atoms with E-state index < -0.39 is 17.8 Å². The van der Waals surface area contributed by atoms with Gasteiger partial charge in [0.25, 0.3) is 0 Å². The molecule has 1 saturated carbocycles. The van der Waals surface area contributed by atoms with Crippen LogP contribution in [0.15, 0.2) is 50.5 Å². The molecule has 33 heavy (non-hydrogen) atoms. The van der Waals surface area contributed by atoms with Crippen molar-refractivity contribution in [2.75, 3.05) is 14.2 Å². The average molecular weight is 536 g/mol. The molecular formula is C23H23BrFN3O4S. The molecule has 2 heterocycles. The second kappa shape index (κ2) is 10.1. The average Bonchev–Trinajstić information content (AvgIpc) is 3.39. The molecule has 1 fully saturated rings. The van der Waals surface area contributed by atoms with E-state index in [-0.39, 0.29) is 22.3 Å². The number of hydrogen-bond acceptors (Lipinski definition) is 8. The lowest BCUT2D eigenvalue weighted by atomic mass is 9.78. The van der Waals surface area contributed by atoms with Gasteiger partial charge in [-0.25, -0.2) is 14.2 Å². The van der Waals surface area contributed by atoms with Crippen LogP contribution in [0.3, 0.4) is 0 Å². The van der Waals surface area contributed by atoms with Crippen LogP contribution in [0.25, 0.3) is 0 Å². The van der Waals surface area contributed by atoms with Gasteiger partial charge < -0.3 is 14.8 Å². The predicted octanol–water partition coefficient (Wildman–Crippen LogP) is 4.54. The first-order valence-electron chi connectivity index (χ1n) is 10.5. The third kappa shape index (κ3) is 4.72. The molecule has 4 rings (SSSR count). The van der Waals surface area contributed by atoms with Crippen molar-refractivity contribution in [1.29, 1.82) is 0 Å². The molecule has 0 radical (unpaired) electrons. The summed E-state index contributed by atoms with van der Waals surface area (Å²) in [5.41, 5.74) is 1.55. The van der Waals surface area contributed by atoms with Crippen LogP contribution in [0, 0.1) is 17.7 Å². The number of carbonyl (C=O) groups excluding carboxylic acids is 2. The van der Waals surface area contributed by atoms with Gasteiger partial charge in [-0.2, -0.15) is 0 Å². The van der Waals surface area contributed by atoms with E-state index in [0.29, 0.717) is 53.4 Å². The number of amidine groups is 1. The van der Waals surface area contributed by atoms with E-state index in [0.717, 1.165) is 0 Å². The highest BCUT2D eigenvalue weighted by Crippen LogP contribution is 2.42. The number of hydrogen-bond donors (Lipinski definition) is 1. The third-order valence-electron chi connectivity index (χ3n) is 6.06. The number of aromatic nitrogens is 1. The standard InChI is InChI=1S/C23H23BrFN3O4S/c1-31-22(29)13-8-6-12(7-9-13)18-16(23(30)32-2)19(14-4-3-5-15(25)17(14)24)28-20(27-18)21-26-10-11-33-21/h3-5,10-13,19H,6-9H2,1-2H3,(H,27,28)/t12-,13-,19?. The molecule has 174 valence electrons. The number of aliphatic imine (C=N–C) groups is 1. The molecule has 0 bridgehead atoms. The molecule has 1 atom stereocenters. The highest BCUT2D eigenvalue weighted by Gasteiger charge is 2.38. The number of rotatable bonds is 5. The van der Waals surface area contributed by atoms with Crippen molar-refractivity contribution in [2.24, 2.45) is 16.8 Å². The van der Waals surface area contributed by atoms with Gasteiger partial charge in [0.15, 0.2) is 10.8 Å². The van der Waals surface area contributed by atoms with Gasteiger partial charge in [-0.3, -0.25) is 9.79 Å². The van der Waals surface area contributed by atoms with Crippen molar-refractivity contribution in [3.05, 3.63) is 61.9 Å². The minimum absolute atomic E-state index is 0.0275. The number of nitrogens with one attached hydrogen (secondary N) is 1. The molecule has 1 aromatic carbocycles. The van der Waals surface area contributed by atoms with E-state index in [1.54, 1.807) is 18.3 Å². The van der Waals surface area contributed by atoms with Crippen LogP contribution in [-0.2, 0) is 19.1 Å². The topological polar surface area (TPSA) is 89.9 Å². The number of esters is 2. The van der Waals surface area contributed by atoms with E-state index >= 15 is 0 Å². The molecule has 0 saturated heterocycles. The summed E-state index contributed by atoms with van der Waals surface area (Å²) in [6, 6.07) is 3.89. The lowest BCUT2D eigenvalue weighted by molar-refractivity contribution is -0.146. The van der Waals surface area contributed by atoms with E-state index in [9.17, 15) is 14.0 Å². The summed E-state index contributed by atoms with van der Waals surface area (Å²) in [6.07, 6.45) is 4.34. The first-order chi connectivity index (χ1) is 15.9. The van der Waals surface area contributed by atoms with Crippen molar-refractivity contribution in [1.82, 2.24) is 10.3 Å². The van der Waals surface area contributed by atoms with Gasteiger partial charge in [0.1, 0.15) is 11.9 Å². The lowest BCUT2D eigenvalue weighted by Crippen LogP contribution is -2.38. The zero-order valence-corrected chi connectivity index (χ0v) is 20.5. The Bertz CT molecular complexity index is 1110. The van der Waals surface area contributed by atoms with Crippen molar-refractivity contribution in [2.45, 2.75) is 31.7 Å². The molecule has 0 amide bonds. The van der Waals surface area contributed by atoms with Gasteiger partial charge in [-0.1, -0.05) is 12.1 Å². The van der Waals surface area contributed by atoms with E-state index in [4.69, 9.17) is 14.5 Å². The fourth-order valence-corrected chi connectivity index (χ4v) is 5.48. The van der Waals surface area contributed by atoms with Crippen LogP contribution in [0.5, 0.6) is 0 Å². The van der Waals surface area contributed by atoms with Crippen molar-refractivity contribution in [3.8, 4) is 0 Å². The van der Waals surface area contributed by atoms with E-state index in [1.807, 2.05) is 5.38 Å². The number of halogens is 2. The zero-order chi connectivity index (χ0) is 23.5. The quantitative estimate of drug-likeness (QED) is 0.565. The molecule has 1 aliphatic heterocycles. The summed E-state index contributed by atoms with van der Waals surface area (Å²) >= 11 is 4.74. The maximum atomic E-state index is 14.4. The van der Waals surface area contributed by atoms with E-state index in [1.165, 1.54) is 31.6 Å². The van der Waals surface area contributed by atoms with E-state index in [2.05, 4.69) is 26.2 Å². The van der Waals surface area contributed by atoms with Crippen LogP contribution < -0.4 is 5.32 Å². The minimum Gasteiger partial charge on any atom is -0.469 e. The minimum atomic E-state index is -0.781. The molecule has 1 N–H and O–H groups in total. The van der Waals surface area contributed by atoms with Crippen molar-refractivity contribution in [3.63, 3.8) is 0 Å². The summed E-state index contributed by atoms with van der Waals surface area (Å²) in [6.45, 7) is 0. The number of nitrogens with zero attached hydrogens (tertiary/aromatic N) is 2. The highest BCUT2D eigenvalue weighted by atomic mass is 79.9. The Kier molecular flexibility index (Phi) is 7.23. The summed E-state index contributed by atoms with van der Waals surface area (Å²) < 4.78 is 24.7. The normalized spacial score (nSPS) is 22.9. The molecule has 1 aromatic heterocycles. The largest absolute Gasteiger partial charge is 0.469 e. The van der Waals surface area contributed by atoms with Gasteiger partial charge >= 0.3 is 11.9 Å². The Morgan fingerprint density at radius 3 is 2.58 bits per heavy atom. The molecule has 0 spiro atoms. The number of thiazole rings is 1. The first kappa shape index (κ1) is 23.6. The molecule has 2 aliphatic rings. The fourth-order valence-electron chi connectivity index (χ4n) is 4.41. The SMILES string of the molecule is COC(=O)C1=C([C@H]2CC[C@H](C(=O)OC)CC2)NC(c2nccs2)=NC1c1cccc(F)c1Br. The Labute approximate surface area is 203 Å². The Morgan fingerprint density at radius 2 is 1.94 bits per heavy atom. The van der Waals surface area contributed by atoms with Gasteiger partial charge in [0, 0.05) is 17.3 Å². The van der Waals surface area contributed by atoms with Crippen LogP contribution in [0.4, 0.5) is 4.39 Å². The summed E-state index contributed by atoms with van der Waals surface area (Å²) in [5, 5.41) is 5.84. The fraction of sp³-hybridized carbons (Fsp3) is 0.391. The van der Waals surface area contributed by atoms with Crippen LogP contribution in [-0.4, -0.2) is 37.0 Å². The van der Waals surface area contributed by atoms with Crippen LogP contribution >= 0.6 is 27.3 Å². The molecule has 10 heteroatoms. The monoisotopic (exact) mass is 535 g/mol. The van der Waals surface area contributed by atoms with Gasteiger partial charge in [-0.15, -0.1) is 11.3 Å². The molecule has 1 unspecified atom stereocenters. The van der Waals surface area contributed by atoms with Gasteiger partial charge in [-0.05, 0) is 59.2 Å². The first-order valence-corrected chi connectivity index (χ1v) is 12.2. The van der Waals surface area contributed by atoms with Crippen LogP contribution in [0.1, 0.15) is 42.3 Å². The summed E-state index contributed by atoms with van der Waals surface area (Å²) in [4.78, 5) is 34.2. The Hall–Kier alpha value is -2.59. The highest BCUT2D eigenvalue weighted by molar-refractivity contribution is 9.10. The van der Waals surface area contributed by atoms with Gasteiger partial charge in [0.2, 0.25) is 0 Å². The number of benzene rings is 1. The number of allylic oxidation sites excluding steroid dienone is 1. The van der Waals surface area contributed by atoms with Crippen molar-refractivity contribution >= 4 is 45.0 Å². The third-order valence-corrected chi connectivity index (χ3v) is 7.68. The number of methoxy groups -OCH3 is 2. The smallest absolute Gasteiger partial charge is 0.338 e. The molecular weight excluding hydrogens is 513 g/mol. The second-order valence-electron chi connectivity index (χ2n) is 7.88. The maximum absolute atomic E-state index is 14.4. The maximum Gasteiger partial charge on any atom is 0.338 e. The van der Waals surface area contributed by atoms with Crippen molar-refractivity contribution < 1.29 is 23.5 Å². The molecule has 1 aliphatic carbocycles. The number of carbonyl (C=O) groups is 2.